The van der Waals surface area contributed by atoms with Crippen LogP contribution in [-0.4, -0.2) is 56.5 Å². The third-order valence-electron chi connectivity index (χ3n) is 3.49. The minimum absolute atomic E-state index is 0.0141. The maximum atomic E-state index is 11.9. The normalized spacial score (nSPS) is 19.7. The van der Waals surface area contributed by atoms with Gasteiger partial charge in [-0.15, -0.1) is 0 Å². The minimum Gasteiger partial charge on any atom is -0.356 e. The summed E-state index contributed by atoms with van der Waals surface area (Å²) in [6.45, 7) is 4.85. The number of hydrogen-bond acceptors (Lipinski definition) is 4. The van der Waals surface area contributed by atoms with Gasteiger partial charge >= 0.3 is 0 Å². The van der Waals surface area contributed by atoms with E-state index in [1.165, 1.54) is 10.6 Å². The van der Waals surface area contributed by atoms with Crippen LogP contribution < -0.4 is 10.6 Å². The number of carbonyl (C=O) groups is 2. The van der Waals surface area contributed by atoms with Gasteiger partial charge in [0.05, 0.1) is 12.2 Å². The average Bonchev–Trinajstić information content (AvgIpc) is 2.37. The Balaban J connectivity index is 2.30. The fourth-order valence-electron chi connectivity index (χ4n) is 2.35. The summed E-state index contributed by atoms with van der Waals surface area (Å²) in [5.41, 5.74) is 0. The summed E-state index contributed by atoms with van der Waals surface area (Å²) >= 11 is 0. The Hall–Kier alpha value is -1.15. The molecule has 0 spiro atoms. The van der Waals surface area contributed by atoms with Gasteiger partial charge in [0.25, 0.3) is 0 Å². The summed E-state index contributed by atoms with van der Waals surface area (Å²) < 4.78 is 24.6. The van der Waals surface area contributed by atoms with E-state index in [9.17, 15) is 18.0 Å². The van der Waals surface area contributed by atoms with E-state index in [4.69, 9.17) is 0 Å². The van der Waals surface area contributed by atoms with Gasteiger partial charge in [-0.3, -0.25) is 9.59 Å². The molecule has 1 fully saturated rings. The monoisotopic (exact) mass is 319 g/mol. The highest BCUT2D eigenvalue weighted by Gasteiger charge is 2.24. The van der Waals surface area contributed by atoms with Crippen LogP contribution in [-0.2, 0) is 19.6 Å². The first kappa shape index (κ1) is 17.9. The number of nitrogens with zero attached hydrogens (tertiary/aromatic N) is 1. The Morgan fingerprint density at radius 1 is 1.48 bits per heavy atom. The van der Waals surface area contributed by atoms with E-state index in [1.54, 1.807) is 0 Å². The molecule has 8 heteroatoms. The van der Waals surface area contributed by atoms with Crippen LogP contribution in [0.25, 0.3) is 0 Å². The summed E-state index contributed by atoms with van der Waals surface area (Å²) in [4.78, 5) is 22.9. The van der Waals surface area contributed by atoms with Gasteiger partial charge in [-0.05, 0) is 26.7 Å². The van der Waals surface area contributed by atoms with Crippen LogP contribution in [0, 0.1) is 5.92 Å². The van der Waals surface area contributed by atoms with E-state index >= 15 is 0 Å². The van der Waals surface area contributed by atoms with E-state index in [0.29, 0.717) is 38.9 Å². The molecule has 0 aromatic heterocycles. The number of rotatable bonds is 7. The first-order chi connectivity index (χ1) is 9.71. The lowest BCUT2D eigenvalue weighted by atomic mass is 9.98. The molecule has 1 atom stereocenters. The second kappa shape index (κ2) is 7.74. The van der Waals surface area contributed by atoms with Crippen LogP contribution in [0.1, 0.15) is 33.1 Å². The van der Waals surface area contributed by atoms with Crippen molar-refractivity contribution in [2.24, 2.45) is 5.92 Å². The molecule has 0 bridgehead atoms. The van der Waals surface area contributed by atoms with Crippen molar-refractivity contribution in [3.8, 4) is 0 Å². The Labute approximate surface area is 126 Å². The Morgan fingerprint density at radius 3 is 2.62 bits per heavy atom. The third-order valence-corrected chi connectivity index (χ3v) is 4.95. The summed E-state index contributed by atoms with van der Waals surface area (Å²) in [7, 11) is -3.22. The SMILES string of the molecule is CC(C)N(CCCNC(=O)C1CCC(=O)NC1)S(C)(=O)=O. The van der Waals surface area contributed by atoms with Crippen LogP contribution >= 0.6 is 0 Å². The Bertz CT molecular complexity index is 466. The van der Waals surface area contributed by atoms with E-state index in [2.05, 4.69) is 10.6 Å². The Morgan fingerprint density at radius 2 is 2.14 bits per heavy atom. The molecule has 1 aliphatic rings. The first-order valence-electron chi connectivity index (χ1n) is 7.23. The lowest BCUT2D eigenvalue weighted by Crippen LogP contribution is -2.44. The third kappa shape index (κ3) is 6.01. The molecular weight excluding hydrogens is 294 g/mol. The van der Waals surface area contributed by atoms with Crippen molar-refractivity contribution in [1.29, 1.82) is 0 Å². The highest BCUT2D eigenvalue weighted by atomic mass is 32.2. The van der Waals surface area contributed by atoms with Crippen molar-refractivity contribution in [1.82, 2.24) is 14.9 Å². The maximum Gasteiger partial charge on any atom is 0.224 e. The van der Waals surface area contributed by atoms with Gasteiger partial charge in [0, 0.05) is 32.1 Å². The van der Waals surface area contributed by atoms with Crippen molar-refractivity contribution < 1.29 is 18.0 Å². The van der Waals surface area contributed by atoms with Gasteiger partial charge in [0.1, 0.15) is 0 Å². The molecule has 21 heavy (non-hydrogen) atoms. The fraction of sp³-hybridized carbons (Fsp3) is 0.846. The number of nitrogens with one attached hydrogen (secondary N) is 2. The highest BCUT2D eigenvalue weighted by molar-refractivity contribution is 7.88. The van der Waals surface area contributed by atoms with Gasteiger partial charge in [0.15, 0.2) is 0 Å². The molecule has 122 valence electrons. The van der Waals surface area contributed by atoms with Crippen LogP contribution in [0.2, 0.25) is 0 Å². The summed E-state index contributed by atoms with van der Waals surface area (Å²) in [5.74, 6) is -0.274. The average molecular weight is 319 g/mol. The topological polar surface area (TPSA) is 95.6 Å². The van der Waals surface area contributed by atoms with Gasteiger partial charge in [-0.2, -0.15) is 4.31 Å². The zero-order valence-corrected chi connectivity index (χ0v) is 13.7. The molecule has 0 aromatic carbocycles. The van der Waals surface area contributed by atoms with Gasteiger partial charge in [0.2, 0.25) is 21.8 Å². The molecule has 7 nitrogen and oxygen atoms in total. The van der Waals surface area contributed by atoms with Crippen molar-refractivity contribution in [3.63, 3.8) is 0 Å². The van der Waals surface area contributed by atoms with Crippen LogP contribution in [0.3, 0.4) is 0 Å². The van der Waals surface area contributed by atoms with E-state index in [1.807, 2.05) is 13.8 Å². The zero-order chi connectivity index (χ0) is 16.0. The number of hydrogen-bond donors (Lipinski definition) is 2. The van der Waals surface area contributed by atoms with Gasteiger partial charge in [-0.1, -0.05) is 0 Å². The number of sulfonamides is 1. The standard InChI is InChI=1S/C13H25N3O4S/c1-10(2)16(21(3,19)20)8-4-7-14-13(18)11-5-6-12(17)15-9-11/h10-11H,4-9H2,1-3H3,(H,14,18)(H,15,17). The Kier molecular flexibility index (Phi) is 6.60. The summed E-state index contributed by atoms with van der Waals surface area (Å²) in [5, 5.41) is 5.47. The number of piperidine rings is 1. The quantitative estimate of drug-likeness (QED) is 0.629. The molecular formula is C13H25N3O4S. The number of amides is 2. The van der Waals surface area contributed by atoms with E-state index in [-0.39, 0.29) is 23.8 Å². The minimum atomic E-state index is -3.22. The van der Waals surface area contributed by atoms with Crippen LogP contribution in [0.4, 0.5) is 0 Å². The maximum absolute atomic E-state index is 11.9. The summed E-state index contributed by atoms with van der Waals surface area (Å²) in [6, 6.07) is -0.0933. The lowest BCUT2D eigenvalue weighted by Gasteiger charge is -2.24. The predicted molar refractivity (Wildman–Crippen MR) is 80.0 cm³/mol. The van der Waals surface area contributed by atoms with Crippen molar-refractivity contribution >= 4 is 21.8 Å². The highest BCUT2D eigenvalue weighted by Crippen LogP contribution is 2.10. The van der Waals surface area contributed by atoms with Crippen LogP contribution in [0.15, 0.2) is 0 Å². The molecule has 0 radical (unpaired) electrons. The molecule has 1 rings (SSSR count). The van der Waals surface area contributed by atoms with E-state index < -0.39 is 10.0 Å². The van der Waals surface area contributed by atoms with Gasteiger partial charge < -0.3 is 10.6 Å². The van der Waals surface area contributed by atoms with Crippen LogP contribution in [0.5, 0.6) is 0 Å². The zero-order valence-electron chi connectivity index (χ0n) is 12.9. The molecule has 1 heterocycles. The molecule has 1 aliphatic heterocycles. The second-order valence-corrected chi connectivity index (χ2v) is 7.59. The van der Waals surface area contributed by atoms with E-state index in [0.717, 1.165) is 0 Å². The predicted octanol–water partition coefficient (Wildman–Crippen LogP) is -0.311. The van der Waals surface area contributed by atoms with Gasteiger partial charge in [-0.25, -0.2) is 8.42 Å². The largest absolute Gasteiger partial charge is 0.356 e. The molecule has 1 saturated heterocycles. The first-order valence-corrected chi connectivity index (χ1v) is 9.08. The molecule has 0 aromatic rings. The fourth-order valence-corrected chi connectivity index (χ4v) is 3.58. The molecule has 0 aliphatic carbocycles. The molecule has 1 unspecified atom stereocenters. The molecule has 0 saturated carbocycles. The van der Waals surface area contributed by atoms with Crippen molar-refractivity contribution in [2.45, 2.75) is 39.2 Å². The van der Waals surface area contributed by atoms with Crippen molar-refractivity contribution in [2.75, 3.05) is 25.9 Å². The summed E-state index contributed by atoms with van der Waals surface area (Å²) in [6.07, 6.45) is 2.71. The second-order valence-electron chi connectivity index (χ2n) is 5.65. The molecule has 2 amide bonds. The molecule has 2 N–H and O–H groups in total. The number of carbonyl (C=O) groups excluding carboxylic acids is 2. The lowest BCUT2D eigenvalue weighted by molar-refractivity contribution is -0.128. The smallest absolute Gasteiger partial charge is 0.224 e. The van der Waals surface area contributed by atoms with Crippen molar-refractivity contribution in [3.05, 3.63) is 0 Å².